The summed E-state index contributed by atoms with van der Waals surface area (Å²) in [6.45, 7) is 4.07. The van der Waals surface area contributed by atoms with Crippen molar-refractivity contribution in [3.05, 3.63) is 107 Å². The number of aryl methyl sites for hydroxylation is 2. The summed E-state index contributed by atoms with van der Waals surface area (Å²) in [5, 5.41) is 21.7. The van der Waals surface area contributed by atoms with Gasteiger partial charge in [-0.25, -0.2) is 4.68 Å². The smallest absolute Gasteiger partial charge is 0.279 e. The van der Waals surface area contributed by atoms with Gasteiger partial charge >= 0.3 is 0 Å². The summed E-state index contributed by atoms with van der Waals surface area (Å²) in [5.41, 5.74) is 6.60. The van der Waals surface area contributed by atoms with Gasteiger partial charge in [0.05, 0.1) is 11.3 Å². The van der Waals surface area contributed by atoms with E-state index in [4.69, 9.17) is 21.2 Å². The first kappa shape index (κ1) is 24.7. The Balaban J connectivity index is 1.28. The largest absolute Gasteiger partial charge is 0.355 e. The van der Waals surface area contributed by atoms with E-state index in [1.165, 1.54) is 16.9 Å². The standard InChI is InChI=1S/C29H21ClN6O2S/c1-17-8-9-20(14-18(17)2)25-15-24(35-38-25)27(37)31-29-33-32-28(39-29)23-16-36(22-6-4-3-5-7-22)34-26(23)19-10-12-21(30)13-11-19/h3-16H,1-2H3,(H,31,33,37). The maximum Gasteiger partial charge on any atom is 0.279 e. The van der Waals surface area contributed by atoms with E-state index in [1.54, 1.807) is 10.7 Å². The van der Waals surface area contributed by atoms with Crippen molar-refractivity contribution >= 4 is 34.0 Å². The van der Waals surface area contributed by atoms with Crippen LogP contribution in [0.1, 0.15) is 21.6 Å². The number of anilines is 1. The number of nitrogens with one attached hydrogen (secondary N) is 1. The molecule has 0 spiro atoms. The van der Waals surface area contributed by atoms with Crippen molar-refractivity contribution in [2.24, 2.45) is 0 Å². The summed E-state index contributed by atoms with van der Waals surface area (Å²) >= 11 is 7.36. The Bertz CT molecular complexity index is 1790. The van der Waals surface area contributed by atoms with E-state index < -0.39 is 5.91 Å². The minimum atomic E-state index is -0.436. The van der Waals surface area contributed by atoms with Gasteiger partial charge in [0, 0.05) is 28.4 Å². The van der Waals surface area contributed by atoms with Crippen molar-refractivity contribution in [2.45, 2.75) is 13.8 Å². The van der Waals surface area contributed by atoms with Gasteiger partial charge in [0.25, 0.3) is 5.91 Å². The zero-order valence-corrected chi connectivity index (χ0v) is 22.5. The number of hydrogen-bond donors (Lipinski definition) is 1. The fourth-order valence-corrected chi connectivity index (χ4v) is 4.90. The van der Waals surface area contributed by atoms with Gasteiger partial charge in [-0.2, -0.15) is 5.10 Å². The zero-order valence-electron chi connectivity index (χ0n) is 20.9. The van der Waals surface area contributed by atoms with E-state index in [1.807, 2.05) is 92.8 Å². The number of hydrogen-bond acceptors (Lipinski definition) is 7. The number of nitrogens with zero attached hydrogens (tertiary/aromatic N) is 5. The Hall–Kier alpha value is -4.60. The Morgan fingerprint density at radius 1 is 0.923 bits per heavy atom. The molecule has 3 heterocycles. The molecule has 1 N–H and O–H groups in total. The van der Waals surface area contributed by atoms with Gasteiger partial charge < -0.3 is 4.52 Å². The fraction of sp³-hybridized carbons (Fsp3) is 0.0690. The first-order chi connectivity index (χ1) is 18.9. The van der Waals surface area contributed by atoms with Crippen molar-refractivity contribution in [3.63, 3.8) is 0 Å². The lowest BCUT2D eigenvalue weighted by atomic mass is 10.0. The molecule has 192 valence electrons. The van der Waals surface area contributed by atoms with Gasteiger partial charge in [0.15, 0.2) is 16.5 Å². The van der Waals surface area contributed by atoms with Crippen molar-refractivity contribution < 1.29 is 9.32 Å². The first-order valence-electron chi connectivity index (χ1n) is 12.1. The van der Waals surface area contributed by atoms with Crippen LogP contribution in [0.5, 0.6) is 0 Å². The van der Waals surface area contributed by atoms with Crippen LogP contribution in [0.25, 0.3) is 38.8 Å². The highest BCUT2D eigenvalue weighted by molar-refractivity contribution is 7.18. The van der Waals surface area contributed by atoms with E-state index in [-0.39, 0.29) is 5.69 Å². The molecule has 0 aliphatic heterocycles. The molecule has 10 heteroatoms. The fourth-order valence-electron chi connectivity index (χ4n) is 4.02. The Morgan fingerprint density at radius 3 is 2.46 bits per heavy atom. The van der Waals surface area contributed by atoms with Gasteiger partial charge in [0.2, 0.25) is 5.13 Å². The highest BCUT2D eigenvalue weighted by atomic mass is 35.5. The molecule has 0 saturated heterocycles. The molecule has 6 rings (SSSR count). The molecule has 6 aromatic rings. The monoisotopic (exact) mass is 552 g/mol. The number of halogens is 1. The van der Waals surface area contributed by atoms with Gasteiger partial charge in [-0.05, 0) is 55.3 Å². The second-order valence-electron chi connectivity index (χ2n) is 8.92. The molecule has 0 unspecified atom stereocenters. The van der Waals surface area contributed by atoms with E-state index in [2.05, 4.69) is 20.7 Å². The summed E-state index contributed by atoms with van der Waals surface area (Å²) in [6, 6.07) is 24.8. The average molecular weight is 553 g/mol. The molecule has 0 aliphatic rings. The summed E-state index contributed by atoms with van der Waals surface area (Å²) in [4.78, 5) is 12.9. The normalized spacial score (nSPS) is 11.1. The molecule has 39 heavy (non-hydrogen) atoms. The van der Waals surface area contributed by atoms with Crippen LogP contribution < -0.4 is 5.32 Å². The predicted octanol–water partition coefficient (Wildman–Crippen LogP) is 7.24. The Kier molecular flexibility index (Phi) is 6.52. The molecule has 3 aromatic carbocycles. The number of carbonyl (C=O) groups excluding carboxylic acids is 1. The molecule has 0 aliphatic carbocycles. The quantitative estimate of drug-likeness (QED) is 0.234. The number of amides is 1. The maximum atomic E-state index is 12.9. The van der Waals surface area contributed by atoms with Crippen LogP contribution in [0, 0.1) is 13.8 Å². The van der Waals surface area contributed by atoms with Gasteiger partial charge in [-0.15, -0.1) is 10.2 Å². The minimum Gasteiger partial charge on any atom is -0.355 e. The Labute approximate surface area is 232 Å². The van der Waals surface area contributed by atoms with Gasteiger partial charge in [-0.3, -0.25) is 10.1 Å². The van der Waals surface area contributed by atoms with E-state index in [0.29, 0.717) is 20.9 Å². The number of aromatic nitrogens is 5. The molecule has 8 nitrogen and oxygen atoms in total. The van der Waals surface area contributed by atoms with Crippen molar-refractivity contribution in [2.75, 3.05) is 5.32 Å². The highest BCUT2D eigenvalue weighted by Crippen LogP contribution is 2.35. The summed E-state index contributed by atoms with van der Waals surface area (Å²) < 4.78 is 7.23. The predicted molar refractivity (Wildman–Crippen MR) is 152 cm³/mol. The van der Waals surface area contributed by atoms with E-state index in [9.17, 15) is 4.79 Å². The summed E-state index contributed by atoms with van der Waals surface area (Å²) in [6.07, 6.45) is 1.90. The van der Waals surface area contributed by atoms with E-state index in [0.717, 1.165) is 33.6 Å². The Morgan fingerprint density at radius 2 is 1.69 bits per heavy atom. The summed E-state index contributed by atoms with van der Waals surface area (Å²) in [5.74, 6) is 0.0802. The molecule has 0 bridgehead atoms. The molecule has 1 amide bonds. The molecule has 0 fully saturated rings. The van der Waals surface area contributed by atoms with Crippen LogP contribution in [-0.2, 0) is 0 Å². The second kappa shape index (κ2) is 10.3. The minimum absolute atomic E-state index is 0.152. The van der Waals surface area contributed by atoms with Gasteiger partial charge in [-0.1, -0.05) is 70.6 Å². The SMILES string of the molecule is Cc1ccc(-c2cc(C(=O)Nc3nnc(-c4cn(-c5ccccc5)nc4-c4ccc(Cl)cc4)s3)no2)cc1C. The van der Waals surface area contributed by atoms with Crippen LogP contribution in [0.3, 0.4) is 0 Å². The number of para-hydroxylation sites is 1. The van der Waals surface area contributed by atoms with Crippen LogP contribution in [0.15, 0.2) is 89.6 Å². The van der Waals surface area contributed by atoms with Crippen molar-refractivity contribution in [3.8, 4) is 38.8 Å². The second-order valence-corrected chi connectivity index (χ2v) is 10.3. The van der Waals surface area contributed by atoms with Crippen LogP contribution in [0.2, 0.25) is 5.02 Å². The number of rotatable bonds is 6. The molecule has 3 aromatic heterocycles. The molecule has 0 radical (unpaired) electrons. The van der Waals surface area contributed by atoms with Crippen molar-refractivity contribution in [1.82, 2.24) is 25.1 Å². The molecular weight excluding hydrogens is 532 g/mol. The molecule has 0 saturated carbocycles. The zero-order chi connectivity index (χ0) is 26.9. The maximum absolute atomic E-state index is 12.9. The van der Waals surface area contributed by atoms with Crippen LogP contribution in [0.4, 0.5) is 5.13 Å². The lowest BCUT2D eigenvalue weighted by Crippen LogP contribution is -2.11. The number of carbonyl (C=O) groups is 1. The van der Waals surface area contributed by atoms with Crippen molar-refractivity contribution in [1.29, 1.82) is 0 Å². The third kappa shape index (κ3) is 5.09. The van der Waals surface area contributed by atoms with E-state index >= 15 is 0 Å². The number of benzene rings is 3. The summed E-state index contributed by atoms with van der Waals surface area (Å²) in [7, 11) is 0. The average Bonchev–Trinajstić information content (AvgIpc) is 3.71. The lowest BCUT2D eigenvalue weighted by molar-refractivity contribution is 0.101. The molecule has 0 atom stereocenters. The lowest BCUT2D eigenvalue weighted by Gasteiger charge is -2.01. The highest BCUT2D eigenvalue weighted by Gasteiger charge is 2.20. The first-order valence-corrected chi connectivity index (χ1v) is 13.2. The van der Waals surface area contributed by atoms with Crippen LogP contribution in [-0.4, -0.2) is 31.0 Å². The third-order valence-corrected chi connectivity index (χ3v) is 7.39. The van der Waals surface area contributed by atoms with Crippen LogP contribution >= 0.6 is 22.9 Å². The van der Waals surface area contributed by atoms with Gasteiger partial charge in [0.1, 0.15) is 5.69 Å². The molecular formula is C29H21ClN6O2S. The topological polar surface area (TPSA) is 98.7 Å². The third-order valence-electron chi connectivity index (χ3n) is 6.26.